The first-order valence-corrected chi connectivity index (χ1v) is 7.82. The third-order valence-corrected chi connectivity index (χ3v) is 4.35. The fourth-order valence-electron chi connectivity index (χ4n) is 2.49. The Morgan fingerprint density at radius 2 is 1.86 bits per heavy atom. The number of fused-ring (bicyclic) bond motifs is 3. The van der Waals surface area contributed by atoms with Crippen molar-refractivity contribution in [3.05, 3.63) is 64.9 Å². The molecule has 0 saturated heterocycles. The summed E-state index contributed by atoms with van der Waals surface area (Å²) in [5.74, 6) is 0.287. The average Bonchev–Trinajstić information content (AvgIpc) is 3.14. The second-order valence-corrected chi connectivity index (χ2v) is 6.02. The Morgan fingerprint density at radius 1 is 1.00 bits per heavy atom. The Hall–Kier alpha value is -2.59. The minimum absolute atomic E-state index is 0.255. The molecule has 108 valence electrons. The van der Waals surface area contributed by atoms with Gasteiger partial charge in [0.2, 0.25) is 0 Å². The monoisotopic (exact) mass is 308 g/mol. The fourth-order valence-corrected chi connectivity index (χ4v) is 3.18. The molecule has 0 aliphatic rings. The summed E-state index contributed by atoms with van der Waals surface area (Å²) in [7, 11) is 0. The summed E-state index contributed by atoms with van der Waals surface area (Å²) in [5.41, 5.74) is 1.62. The van der Waals surface area contributed by atoms with Gasteiger partial charge in [-0.25, -0.2) is 0 Å². The summed E-state index contributed by atoms with van der Waals surface area (Å²) in [4.78, 5) is 13.0. The highest BCUT2D eigenvalue weighted by Gasteiger charge is 2.11. The van der Waals surface area contributed by atoms with Crippen LogP contribution in [0.1, 0.15) is 4.88 Å². The maximum Gasteiger partial charge on any atom is 0.316 e. The first-order valence-electron chi connectivity index (χ1n) is 6.94. The summed E-state index contributed by atoms with van der Waals surface area (Å²) in [6.07, 6.45) is 0.293. The van der Waals surface area contributed by atoms with Gasteiger partial charge in [0.25, 0.3) is 0 Å². The van der Waals surface area contributed by atoms with Crippen molar-refractivity contribution in [2.24, 2.45) is 0 Å². The largest absolute Gasteiger partial charge is 0.456 e. The number of hydrogen-bond donors (Lipinski definition) is 0. The molecule has 0 N–H and O–H groups in total. The van der Waals surface area contributed by atoms with Crippen molar-refractivity contribution in [1.82, 2.24) is 0 Å². The molecular formula is C18H12O3S. The van der Waals surface area contributed by atoms with Crippen LogP contribution in [0.4, 0.5) is 0 Å². The molecule has 0 fully saturated rings. The summed E-state index contributed by atoms with van der Waals surface area (Å²) < 4.78 is 11.2. The number of benzene rings is 2. The molecule has 2 aromatic carbocycles. The molecule has 0 amide bonds. The van der Waals surface area contributed by atoms with Gasteiger partial charge >= 0.3 is 5.97 Å². The van der Waals surface area contributed by atoms with Crippen LogP contribution in [0.15, 0.2) is 64.4 Å². The molecule has 0 aliphatic carbocycles. The first kappa shape index (κ1) is 13.1. The van der Waals surface area contributed by atoms with Gasteiger partial charge in [0.05, 0.1) is 6.42 Å². The van der Waals surface area contributed by atoms with Crippen molar-refractivity contribution in [3.8, 4) is 5.75 Å². The number of ether oxygens (including phenoxy) is 1. The molecule has 0 atom stereocenters. The van der Waals surface area contributed by atoms with Gasteiger partial charge < -0.3 is 9.15 Å². The normalized spacial score (nSPS) is 11.1. The molecule has 2 aromatic heterocycles. The zero-order valence-electron chi connectivity index (χ0n) is 11.6. The number of carbonyl (C=O) groups excluding carboxylic acids is 1. The molecule has 4 heteroatoms. The standard InChI is InChI=1S/C18H12O3S/c19-18(11-13-4-3-9-22-13)20-12-7-8-17-15(10-12)14-5-1-2-6-16(14)21-17/h1-10H,11H2. The molecule has 2 heterocycles. The summed E-state index contributed by atoms with van der Waals surface area (Å²) in [6.45, 7) is 0. The van der Waals surface area contributed by atoms with Crippen molar-refractivity contribution >= 4 is 39.2 Å². The van der Waals surface area contributed by atoms with Gasteiger partial charge in [-0.1, -0.05) is 24.3 Å². The van der Waals surface area contributed by atoms with E-state index < -0.39 is 0 Å². The lowest BCUT2D eigenvalue weighted by Gasteiger charge is -2.03. The first-order chi connectivity index (χ1) is 10.8. The van der Waals surface area contributed by atoms with E-state index in [0.717, 1.165) is 26.8 Å². The lowest BCUT2D eigenvalue weighted by molar-refractivity contribution is -0.133. The second kappa shape index (κ2) is 5.31. The number of rotatable bonds is 3. The lowest BCUT2D eigenvalue weighted by atomic mass is 10.1. The molecule has 0 saturated carbocycles. The van der Waals surface area contributed by atoms with E-state index in [1.54, 1.807) is 17.4 Å². The van der Waals surface area contributed by atoms with Gasteiger partial charge in [-0.05, 0) is 35.7 Å². The smallest absolute Gasteiger partial charge is 0.316 e. The Bertz CT molecular complexity index is 951. The van der Waals surface area contributed by atoms with Crippen molar-refractivity contribution < 1.29 is 13.9 Å². The maximum absolute atomic E-state index is 12.0. The number of thiophene rings is 1. The number of esters is 1. The van der Waals surface area contributed by atoms with E-state index in [1.165, 1.54) is 0 Å². The van der Waals surface area contributed by atoms with Crippen LogP contribution in [0.2, 0.25) is 0 Å². The fraction of sp³-hybridized carbons (Fsp3) is 0.0556. The molecular weight excluding hydrogens is 296 g/mol. The Balaban J connectivity index is 1.64. The Labute approximate surface area is 130 Å². The maximum atomic E-state index is 12.0. The molecule has 0 bridgehead atoms. The van der Waals surface area contributed by atoms with E-state index in [0.29, 0.717) is 12.2 Å². The van der Waals surface area contributed by atoms with Crippen LogP contribution in [0.3, 0.4) is 0 Å². The van der Waals surface area contributed by atoms with Crippen molar-refractivity contribution in [3.63, 3.8) is 0 Å². The van der Waals surface area contributed by atoms with E-state index in [4.69, 9.17) is 9.15 Å². The highest BCUT2D eigenvalue weighted by Crippen LogP contribution is 2.31. The minimum Gasteiger partial charge on any atom is -0.456 e. The van der Waals surface area contributed by atoms with E-state index in [9.17, 15) is 4.79 Å². The SMILES string of the molecule is O=C(Cc1cccs1)Oc1ccc2oc3ccccc3c2c1. The topological polar surface area (TPSA) is 39.4 Å². The van der Waals surface area contributed by atoms with E-state index in [2.05, 4.69) is 0 Å². The average molecular weight is 308 g/mol. The highest BCUT2D eigenvalue weighted by atomic mass is 32.1. The summed E-state index contributed by atoms with van der Waals surface area (Å²) in [5, 5.41) is 3.93. The van der Waals surface area contributed by atoms with Gasteiger partial charge in [0, 0.05) is 15.6 Å². The van der Waals surface area contributed by atoms with Gasteiger partial charge in [0.15, 0.2) is 0 Å². The number of hydrogen-bond acceptors (Lipinski definition) is 4. The number of furan rings is 1. The van der Waals surface area contributed by atoms with Gasteiger partial charge in [-0.15, -0.1) is 11.3 Å². The predicted molar refractivity (Wildman–Crippen MR) is 87.4 cm³/mol. The Kier molecular flexibility index (Phi) is 3.16. The van der Waals surface area contributed by atoms with E-state index >= 15 is 0 Å². The predicted octanol–water partition coefficient (Wildman–Crippen LogP) is 4.80. The molecule has 0 unspecified atom stereocenters. The van der Waals surface area contributed by atoms with Crippen LogP contribution in [-0.2, 0) is 11.2 Å². The molecule has 4 aromatic rings. The molecule has 3 nitrogen and oxygen atoms in total. The van der Waals surface area contributed by atoms with E-state index in [-0.39, 0.29) is 5.97 Å². The molecule has 0 spiro atoms. The molecule has 0 radical (unpaired) electrons. The summed E-state index contributed by atoms with van der Waals surface area (Å²) >= 11 is 1.55. The molecule has 22 heavy (non-hydrogen) atoms. The molecule has 0 aliphatic heterocycles. The van der Waals surface area contributed by atoms with Gasteiger partial charge in [0.1, 0.15) is 16.9 Å². The summed E-state index contributed by atoms with van der Waals surface area (Å²) in [6, 6.07) is 17.1. The quantitative estimate of drug-likeness (QED) is 0.403. The minimum atomic E-state index is -0.255. The van der Waals surface area contributed by atoms with Crippen LogP contribution in [0.5, 0.6) is 5.75 Å². The van der Waals surface area contributed by atoms with Crippen molar-refractivity contribution in [2.45, 2.75) is 6.42 Å². The van der Waals surface area contributed by atoms with Crippen molar-refractivity contribution in [2.75, 3.05) is 0 Å². The number of para-hydroxylation sites is 1. The van der Waals surface area contributed by atoms with Crippen LogP contribution in [0, 0.1) is 0 Å². The van der Waals surface area contributed by atoms with Crippen molar-refractivity contribution in [1.29, 1.82) is 0 Å². The van der Waals surface area contributed by atoms with Crippen LogP contribution < -0.4 is 4.74 Å². The Morgan fingerprint density at radius 3 is 2.73 bits per heavy atom. The van der Waals surface area contributed by atoms with Crippen LogP contribution in [0.25, 0.3) is 21.9 Å². The lowest BCUT2D eigenvalue weighted by Crippen LogP contribution is -2.10. The second-order valence-electron chi connectivity index (χ2n) is 4.99. The third-order valence-electron chi connectivity index (χ3n) is 3.48. The van der Waals surface area contributed by atoms with E-state index in [1.807, 2.05) is 53.9 Å². The number of carbonyl (C=O) groups is 1. The van der Waals surface area contributed by atoms with Gasteiger partial charge in [-0.3, -0.25) is 4.79 Å². The van der Waals surface area contributed by atoms with Crippen LogP contribution in [-0.4, -0.2) is 5.97 Å². The third kappa shape index (κ3) is 2.38. The zero-order valence-corrected chi connectivity index (χ0v) is 12.4. The highest BCUT2D eigenvalue weighted by molar-refractivity contribution is 7.10. The zero-order chi connectivity index (χ0) is 14.9. The van der Waals surface area contributed by atoms with Gasteiger partial charge in [-0.2, -0.15) is 0 Å². The van der Waals surface area contributed by atoms with Crippen LogP contribution >= 0.6 is 11.3 Å². The molecule has 4 rings (SSSR count).